The molecule has 1 heterocycles. The van der Waals surface area contributed by atoms with Gasteiger partial charge in [-0.2, -0.15) is 0 Å². The lowest BCUT2D eigenvalue weighted by Gasteiger charge is -2.06. The topological polar surface area (TPSA) is 57.8 Å². The van der Waals surface area contributed by atoms with Crippen molar-refractivity contribution in [1.82, 2.24) is 9.97 Å². The van der Waals surface area contributed by atoms with Crippen LogP contribution in [0.15, 0.2) is 35.1 Å². The van der Waals surface area contributed by atoms with Gasteiger partial charge in [0.25, 0.3) is 5.56 Å². The second kappa shape index (κ2) is 5.69. The quantitative estimate of drug-likeness (QED) is 0.891. The van der Waals surface area contributed by atoms with Gasteiger partial charge in [0.05, 0.1) is 0 Å². The van der Waals surface area contributed by atoms with E-state index >= 15 is 0 Å². The van der Waals surface area contributed by atoms with Gasteiger partial charge in [-0.15, -0.1) is 0 Å². The third kappa shape index (κ3) is 3.34. The van der Waals surface area contributed by atoms with Crippen LogP contribution < -0.4 is 10.9 Å². The Balaban J connectivity index is 2.08. The van der Waals surface area contributed by atoms with E-state index in [1.54, 1.807) is 0 Å². The summed E-state index contributed by atoms with van der Waals surface area (Å²) < 4.78 is 0. The maximum Gasteiger partial charge on any atom is 0.252 e. The van der Waals surface area contributed by atoms with Gasteiger partial charge in [0, 0.05) is 24.1 Å². The van der Waals surface area contributed by atoms with Crippen molar-refractivity contribution in [1.29, 1.82) is 0 Å². The zero-order chi connectivity index (χ0) is 13.0. The Morgan fingerprint density at radius 2 is 2.06 bits per heavy atom. The van der Waals surface area contributed by atoms with Crippen LogP contribution >= 0.6 is 11.6 Å². The van der Waals surface area contributed by atoms with Crippen LogP contribution in [0.3, 0.4) is 0 Å². The first kappa shape index (κ1) is 12.6. The van der Waals surface area contributed by atoms with Crippen molar-refractivity contribution in [2.45, 2.75) is 19.9 Å². The fourth-order valence-electron chi connectivity index (χ4n) is 1.56. The summed E-state index contributed by atoms with van der Waals surface area (Å²) in [6.07, 6.45) is 0.700. The standard InChI is InChI=1S/C13H14ClN3O/c1-2-11-16-12(7-13(18)17-11)15-8-9-3-5-10(14)6-4-9/h3-7H,2,8H2,1H3,(H2,15,16,17,18). The average molecular weight is 264 g/mol. The molecule has 0 bridgehead atoms. The van der Waals surface area contributed by atoms with Crippen molar-refractivity contribution >= 4 is 17.4 Å². The van der Waals surface area contributed by atoms with Gasteiger partial charge in [0.15, 0.2) is 0 Å². The summed E-state index contributed by atoms with van der Waals surface area (Å²) in [7, 11) is 0. The molecule has 18 heavy (non-hydrogen) atoms. The van der Waals surface area contributed by atoms with Crippen LogP contribution in [0.2, 0.25) is 5.02 Å². The predicted molar refractivity (Wildman–Crippen MR) is 73.0 cm³/mol. The van der Waals surface area contributed by atoms with Gasteiger partial charge in [0.2, 0.25) is 0 Å². The number of nitrogens with zero attached hydrogens (tertiary/aromatic N) is 1. The summed E-state index contributed by atoms with van der Waals surface area (Å²) >= 11 is 5.81. The lowest BCUT2D eigenvalue weighted by Crippen LogP contribution is -2.13. The molecule has 0 saturated carbocycles. The zero-order valence-corrected chi connectivity index (χ0v) is 10.8. The molecule has 4 nitrogen and oxygen atoms in total. The molecule has 2 N–H and O–H groups in total. The van der Waals surface area contributed by atoms with Crippen LogP contribution in [-0.2, 0) is 13.0 Å². The lowest BCUT2D eigenvalue weighted by atomic mass is 10.2. The van der Waals surface area contributed by atoms with Crippen molar-refractivity contribution in [3.8, 4) is 0 Å². The minimum Gasteiger partial charge on any atom is -0.366 e. The van der Waals surface area contributed by atoms with Crippen LogP contribution in [-0.4, -0.2) is 9.97 Å². The van der Waals surface area contributed by atoms with Crippen LogP contribution in [0.25, 0.3) is 0 Å². The predicted octanol–water partition coefficient (Wildman–Crippen LogP) is 2.60. The number of nitrogens with one attached hydrogen (secondary N) is 2. The Kier molecular flexibility index (Phi) is 3.99. The number of halogens is 1. The summed E-state index contributed by atoms with van der Waals surface area (Å²) in [5.41, 5.74) is 0.944. The molecule has 0 spiro atoms. The Labute approximate surface area is 110 Å². The van der Waals surface area contributed by atoms with Crippen molar-refractivity contribution < 1.29 is 0 Å². The van der Waals surface area contributed by atoms with Gasteiger partial charge in [0.1, 0.15) is 11.6 Å². The van der Waals surface area contributed by atoms with Gasteiger partial charge in [-0.3, -0.25) is 4.79 Å². The molecular weight excluding hydrogens is 250 g/mol. The highest BCUT2D eigenvalue weighted by molar-refractivity contribution is 6.30. The molecule has 5 heteroatoms. The van der Waals surface area contributed by atoms with Crippen molar-refractivity contribution in [2.75, 3.05) is 5.32 Å². The summed E-state index contributed by atoms with van der Waals surface area (Å²) in [5.74, 6) is 1.27. The van der Waals surface area contributed by atoms with Crippen LogP contribution in [0.1, 0.15) is 18.3 Å². The monoisotopic (exact) mass is 263 g/mol. The second-order valence-electron chi connectivity index (χ2n) is 3.91. The zero-order valence-electron chi connectivity index (χ0n) is 10.0. The Bertz CT molecular complexity index is 578. The van der Waals surface area contributed by atoms with E-state index < -0.39 is 0 Å². The SMILES string of the molecule is CCc1nc(NCc2ccc(Cl)cc2)cc(=O)[nH]1. The normalized spacial score (nSPS) is 10.3. The van der Waals surface area contributed by atoms with E-state index in [2.05, 4.69) is 15.3 Å². The fraction of sp³-hybridized carbons (Fsp3) is 0.231. The molecule has 2 aromatic rings. The third-order valence-corrected chi connectivity index (χ3v) is 2.76. The molecule has 0 aliphatic rings. The first-order valence-electron chi connectivity index (χ1n) is 5.76. The number of aromatic amines is 1. The summed E-state index contributed by atoms with van der Waals surface area (Å²) in [4.78, 5) is 18.3. The first-order valence-corrected chi connectivity index (χ1v) is 6.13. The van der Waals surface area contributed by atoms with Gasteiger partial charge in [-0.25, -0.2) is 4.98 Å². The smallest absolute Gasteiger partial charge is 0.252 e. The number of aromatic nitrogens is 2. The van der Waals surface area contributed by atoms with Gasteiger partial charge in [-0.1, -0.05) is 30.7 Å². The molecule has 0 saturated heterocycles. The number of aryl methyl sites for hydroxylation is 1. The van der Waals surface area contributed by atoms with E-state index in [0.29, 0.717) is 29.6 Å². The minimum absolute atomic E-state index is 0.138. The summed E-state index contributed by atoms with van der Waals surface area (Å²) in [6, 6.07) is 8.99. The molecule has 0 fully saturated rings. The van der Waals surface area contributed by atoms with Gasteiger partial charge >= 0.3 is 0 Å². The molecule has 0 amide bonds. The van der Waals surface area contributed by atoms with E-state index in [1.807, 2.05) is 31.2 Å². The van der Waals surface area contributed by atoms with Gasteiger partial charge < -0.3 is 10.3 Å². The maximum absolute atomic E-state index is 11.4. The number of H-pyrrole nitrogens is 1. The van der Waals surface area contributed by atoms with E-state index in [-0.39, 0.29) is 5.56 Å². The van der Waals surface area contributed by atoms with Crippen LogP contribution in [0.4, 0.5) is 5.82 Å². The largest absolute Gasteiger partial charge is 0.366 e. The summed E-state index contributed by atoms with van der Waals surface area (Å²) in [5, 5.41) is 3.83. The third-order valence-electron chi connectivity index (χ3n) is 2.51. The Morgan fingerprint density at radius 3 is 2.72 bits per heavy atom. The number of hydrogen-bond donors (Lipinski definition) is 2. The van der Waals surface area contributed by atoms with Gasteiger partial charge in [-0.05, 0) is 17.7 Å². The number of rotatable bonds is 4. The molecule has 0 aliphatic carbocycles. The molecule has 1 aromatic carbocycles. The molecule has 0 radical (unpaired) electrons. The summed E-state index contributed by atoms with van der Waals surface area (Å²) in [6.45, 7) is 2.55. The van der Waals surface area contributed by atoms with Crippen molar-refractivity contribution in [3.63, 3.8) is 0 Å². The van der Waals surface area contributed by atoms with E-state index in [4.69, 9.17) is 11.6 Å². The molecule has 94 valence electrons. The molecule has 1 aromatic heterocycles. The number of anilines is 1. The maximum atomic E-state index is 11.4. The number of benzene rings is 1. The average Bonchev–Trinajstić information content (AvgIpc) is 2.37. The highest BCUT2D eigenvalue weighted by Gasteiger charge is 2.00. The molecule has 0 aliphatic heterocycles. The second-order valence-corrected chi connectivity index (χ2v) is 4.35. The Hall–Kier alpha value is -1.81. The van der Waals surface area contributed by atoms with E-state index in [1.165, 1.54) is 6.07 Å². The molecular formula is C13H14ClN3O. The minimum atomic E-state index is -0.138. The highest BCUT2D eigenvalue weighted by atomic mass is 35.5. The molecule has 2 rings (SSSR count). The fourth-order valence-corrected chi connectivity index (χ4v) is 1.69. The molecule has 0 atom stereocenters. The lowest BCUT2D eigenvalue weighted by molar-refractivity contribution is 0.914. The Morgan fingerprint density at radius 1 is 1.33 bits per heavy atom. The van der Waals surface area contributed by atoms with Crippen LogP contribution in [0, 0.1) is 0 Å². The highest BCUT2D eigenvalue weighted by Crippen LogP contribution is 2.10. The first-order chi connectivity index (χ1) is 8.67. The van der Waals surface area contributed by atoms with Crippen LogP contribution in [0.5, 0.6) is 0 Å². The van der Waals surface area contributed by atoms with Crippen molar-refractivity contribution in [2.24, 2.45) is 0 Å². The van der Waals surface area contributed by atoms with E-state index in [9.17, 15) is 4.79 Å². The molecule has 0 unspecified atom stereocenters. The number of hydrogen-bond acceptors (Lipinski definition) is 3. The van der Waals surface area contributed by atoms with Crippen molar-refractivity contribution in [3.05, 3.63) is 57.1 Å². The van der Waals surface area contributed by atoms with E-state index in [0.717, 1.165) is 5.56 Å².